The van der Waals surface area contributed by atoms with Crippen molar-refractivity contribution < 1.29 is 9.47 Å². The third-order valence-corrected chi connectivity index (χ3v) is 5.51. The van der Waals surface area contributed by atoms with Crippen LogP contribution in [0.1, 0.15) is 17.0 Å². The number of nitrogens with two attached hydrogens (primary N) is 1. The Morgan fingerprint density at radius 2 is 1.89 bits per heavy atom. The van der Waals surface area contributed by atoms with Crippen molar-refractivity contribution in [3.8, 4) is 29.0 Å². The first-order chi connectivity index (χ1) is 13.7. The molecule has 0 spiro atoms. The van der Waals surface area contributed by atoms with Gasteiger partial charge in [0.15, 0.2) is 0 Å². The first-order valence-electron chi connectivity index (χ1n) is 8.60. The second-order valence-corrected chi connectivity index (χ2v) is 7.12. The number of aromatic nitrogens is 2. The second-order valence-electron chi connectivity index (χ2n) is 6.24. The molecule has 6 nitrogen and oxygen atoms in total. The Kier molecular flexibility index (Phi) is 4.72. The zero-order valence-corrected chi connectivity index (χ0v) is 16.2. The Hall–Kier alpha value is -3.37. The topological polar surface area (TPSA) is 97.0 Å². The van der Waals surface area contributed by atoms with Gasteiger partial charge < -0.3 is 15.2 Å². The van der Waals surface area contributed by atoms with Crippen molar-refractivity contribution >= 4 is 11.8 Å². The van der Waals surface area contributed by atoms with E-state index in [9.17, 15) is 5.26 Å². The predicted octanol–water partition coefficient (Wildman–Crippen LogP) is 4.03. The summed E-state index contributed by atoms with van der Waals surface area (Å²) >= 11 is 1.67. The number of aromatic amines is 1. The molecule has 0 fully saturated rings. The number of hydrogen-bond donors (Lipinski definition) is 2. The zero-order valence-electron chi connectivity index (χ0n) is 15.4. The summed E-state index contributed by atoms with van der Waals surface area (Å²) < 4.78 is 10.9. The van der Waals surface area contributed by atoms with Crippen LogP contribution in [0, 0.1) is 11.3 Å². The van der Waals surface area contributed by atoms with Crippen LogP contribution >= 0.6 is 11.8 Å². The van der Waals surface area contributed by atoms with Gasteiger partial charge in [0, 0.05) is 10.5 Å². The van der Waals surface area contributed by atoms with E-state index in [2.05, 4.69) is 16.3 Å². The van der Waals surface area contributed by atoms with Crippen LogP contribution < -0.4 is 15.2 Å². The predicted molar refractivity (Wildman–Crippen MR) is 108 cm³/mol. The molecule has 0 unspecified atom stereocenters. The maximum Gasteiger partial charge on any atom is 0.244 e. The molecule has 0 saturated heterocycles. The van der Waals surface area contributed by atoms with Gasteiger partial charge in [0.1, 0.15) is 17.4 Å². The summed E-state index contributed by atoms with van der Waals surface area (Å²) in [6.07, 6.45) is 2.03. The standard InChI is InChI=1S/C21H18N4O2S/c1-26-14-7-3-13(4-8-14)19-18-17(12-5-9-15(28-2)10-6-12)16(11-22)20(23)27-21(18)25-24-19/h3-10,17H,23H2,1-2H3,(H,24,25)/t17-/m1/s1. The highest BCUT2D eigenvalue weighted by molar-refractivity contribution is 7.98. The lowest BCUT2D eigenvalue weighted by Gasteiger charge is -2.24. The molecule has 140 valence electrons. The zero-order chi connectivity index (χ0) is 19.7. The summed E-state index contributed by atoms with van der Waals surface area (Å²) in [5.74, 6) is 0.878. The number of H-pyrrole nitrogens is 1. The number of benzene rings is 2. The molecule has 3 N–H and O–H groups in total. The molecule has 2 aromatic carbocycles. The summed E-state index contributed by atoms with van der Waals surface area (Å²) in [4.78, 5) is 1.15. The van der Waals surface area contributed by atoms with E-state index in [0.29, 0.717) is 11.5 Å². The number of nitrogens with one attached hydrogen (secondary N) is 1. The number of nitriles is 1. The number of rotatable bonds is 4. The first-order valence-corrected chi connectivity index (χ1v) is 9.83. The molecule has 2 heterocycles. The average Bonchev–Trinajstić information content (AvgIpc) is 3.16. The van der Waals surface area contributed by atoms with Gasteiger partial charge in [-0.25, -0.2) is 0 Å². The molecule has 1 aliphatic heterocycles. The molecular weight excluding hydrogens is 372 g/mol. The van der Waals surface area contributed by atoms with Crippen molar-refractivity contribution in [2.45, 2.75) is 10.8 Å². The van der Waals surface area contributed by atoms with E-state index >= 15 is 0 Å². The Morgan fingerprint density at radius 1 is 1.18 bits per heavy atom. The van der Waals surface area contributed by atoms with Gasteiger partial charge in [-0.15, -0.1) is 16.9 Å². The molecular formula is C21H18N4O2S. The minimum Gasteiger partial charge on any atom is -0.497 e. The number of hydrogen-bond acceptors (Lipinski definition) is 6. The fourth-order valence-corrected chi connectivity index (χ4v) is 3.76. The molecule has 7 heteroatoms. The van der Waals surface area contributed by atoms with Crippen molar-refractivity contribution in [2.24, 2.45) is 5.73 Å². The largest absolute Gasteiger partial charge is 0.497 e. The van der Waals surface area contributed by atoms with Crippen molar-refractivity contribution in [3.05, 3.63) is 71.1 Å². The van der Waals surface area contributed by atoms with Crippen molar-refractivity contribution in [1.29, 1.82) is 5.26 Å². The molecule has 1 atom stereocenters. The van der Waals surface area contributed by atoms with Crippen LogP contribution in [-0.4, -0.2) is 23.6 Å². The molecule has 0 radical (unpaired) electrons. The number of allylic oxidation sites excluding steroid dienone is 1. The van der Waals surface area contributed by atoms with E-state index in [-0.39, 0.29) is 11.8 Å². The van der Waals surface area contributed by atoms with E-state index in [1.165, 1.54) is 0 Å². The third kappa shape index (κ3) is 2.98. The summed E-state index contributed by atoms with van der Waals surface area (Å²) in [6.45, 7) is 0. The maximum absolute atomic E-state index is 9.77. The van der Waals surface area contributed by atoms with Crippen LogP contribution in [0.25, 0.3) is 11.3 Å². The van der Waals surface area contributed by atoms with Crippen molar-refractivity contribution in [2.75, 3.05) is 13.4 Å². The number of thioether (sulfide) groups is 1. The lowest BCUT2D eigenvalue weighted by molar-refractivity contribution is 0.379. The Bertz CT molecular complexity index is 1080. The van der Waals surface area contributed by atoms with Gasteiger partial charge in [0.05, 0.1) is 24.3 Å². The van der Waals surface area contributed by atoms with Crippen LogP contribution in [0.2, 0.25) is 0 Å². The molecule has 1 aromatic heterocycles. The summed E-state index contributed by atoms with van der Waals surface area (Å²) in [7, 11) is 1.63. The van der Waals surface area contributed by atoms with Gasteiger partial charge in [-0.1, -0.05) is 12.1 Å². The molecule has 0 aliphatic carbocycles. The smallest absolute Gasteiger partial charge is 0.244 e. The fourth-order valence-electron chi connectivity index (χ4n) is 3.35. The molecule has 3 aromatic rings. The van der Waals surface area contributed by atoms with Gasteiger partial charge in [-0.05, 0) is 48.2 Å². The Balaban J connectivity index is 1.88. The Labute approximate surface area is 167 Å². The minimum absolute atomic E-state index is 0.0849. The molecule has 28 heavy (non-hydrogen) atoms. The van der Waals surface area contributed by atoms with Crippen molar-refractivity contribution in [3.63, 3.8) is 0 Å². The summed E-state index contributed by atoms with van der Waals surface area (Å²) in [5.41, 5.74) is 9.87. The highest BCUT2D eigenvalue weighted by Crippen LogP contribution is 2.45. The fraction of sp³-hybridized carbons (Fsp3) is 0.143. The van der Waals surface area contributed by atoms with Crippen LogP contribution in [-0.2, 0) is 0 Å². The van der Waals surface area contributed by atoms with Crippen molar-refractivity contribution in [1.82, 2.24) is 10.2 Å². The minimum atomic E-state index is -0.361. The normalized spacial score (nSPS) is 15.5. The Morgan fingerprint density at radius 3 is 2.50 bits per heavy atom. The number of nitrogens with zero attached hydrogens (tertiary/aromatic N) is 2. The van der Waals surface area contributed by atoms with Crippen LogP contribution in [0.4, 0.5) is 0 Å². The van der Waals surface area contributed by atoms with E-state index in [1.807, 2.05) is 54.8 Å². The van der Waals surface area contributed by atoms with Gasteiger partial charge in [0.2, 0.25) is 11.8 Å². The first kappa shape index (κ1) is 18.0. The van der Waals surface area contributed by atoms with Crippen LogP contribution in [0.15, 0.2) is 64.9 Å². The van der Waals surface area contributed by atoms with Gasteiger partial charge in [-0.2, -0.15) is 5.26 Å². The number of fused-ring (bicyclic) bond motifs is 1. The van der Waals surface area contributed by atoms with E-state index in [0.717, 1.165) is 33.0 Å². The molecule has 0 amide bonds. The number of methoxy groups -OCH3 is 1. The van der Waals surface area contributed by atoms with E-state index in [4.69, 9.17) is 15.2 Å². The maximum atomic E-state index is 9.77. The van der Waals surface area contributed by atoms with E-state index < -0.39 is 0 Å². The van der Waals surface area contributed by atoms with Crippen LogP contribution in [0.3, 0.4) is 0 Å². The van der Waals surface area contributed by atoms with E-state index in [1.54, 1.807) is 18.9 Å². The van der Waals surface area contributed by atoms with Crippen LogP contribution in [0.5, 0.6) is 11.6 Å². The second kappa shape index (κ2) is 7.33. The highest BCUT2D eigenvalue weighted by Gasteiger charge is 2.35. The van der Waals surface area contributed by atoms with Gasteiger partial charge in [-0.3, -0.25) is 5.10 Å². The lowest BCUT2D eigenvalue weighted by Crippen LogP contribution is -2.20. The van der Waals surface area contributed by atoms with Gasteiger partial charge in [0.25, 0.3) is 0 Å². The highest BCUT2D eigenvalue weighted by atomic mass is 32.2. The molecule has 1 aliphatic rings. The monoisotopic (exact) mass is 390 g/mol. The third-order valence-electron chi connectivity index (χ3n) is 4.77. The number of ether oxygens (including phenoxy) is 2. The lowest BCUT2D eigenvalue weighted by atomic mass is 9.83. The molecule has 0 saturated carbocycles. The summed E-state index contributed by atoms with van der Waals surface area (Å²) in [5, 5.41) is 17.1. The average molecular weight is 390 g/mol. The SMILES string of the molecule is COc1ccc(-c2[nH]nc3c2[C@H](c2ccc(SC)cc2)C(C#N)=C(N)O3)cc1. The van der Waals surface area contributed by atoms with Gasteiger partial charge >= 0.3 is 0 Å². The summed E-state index contributed by atoms with van der Waals surface area (Å²) in [6, 6.07) is 18.0. The molecule has 0 bridgehead atoms. The molecule has 4 rings (SSSR count). The quantitative estimate of drug-likeness (QED) is 0.653.